The Morgan fingerprint density at radius 3 is 2.77 bits per heavy atom. The van der Waals surface area contributed by atoms with Crippen molar-refractivity contribution in [2.75, 3.05) is 18.4 Å². The number of hydrogen-bond donors (Lipinski definition) is 1. The highest BCUT2D eigenvalue weighted by atomic mass is 16.2. The van der Waals surface area contributed by atoms with Crippen molar-refractivity contribution in [1.29, 1.82) is 0 Å². The van der Waals surface area contributed by atoms with Crippen molar-refractivity contribution in [3.8, 4) is 0 Å². The lowest BCUT2D eigenvalue weighted by Crippen LogP contribution is -2.28. The van der Waals surface area contributed by atoms with E-state index in [1.165, 1.54) is 38.5 Å². The van der Waals surface area contributed by atoms with Gasteiger partial charge in [-0.15, -0.1) is 0 Å². The first-order valence-electron chi connectivity index (χ1n) is 9.92. The number of likely N-dealkylation sites (tertiary alicyclic amines) is 1. The largest absolute Gasteiger partial charge is 0.369 e. The third-order valence-corrected chi connectivity index (χ3v) is 6.11. The highest BCUT2D eigenvalue weighted by Crippen LogP contribution is 2.35. The summed E-state index contributed by atoms with van der Waals surface area (Å²) in [4.78, 5) is 23.9. The van der Waals surface area contributed by atoms with E-state index in [1.54, 1.807) is 0 Å². The summed E-state index contributed by atoms with van der Waals surface area (Å²) in [5, 5.41) is 8.87. The number of rotatable bonds is 5. The summed E-state index contributed by atoms with van der Waals surface area (Å²) in [5.41, 5.74) is 0.895. The van der Waals surface area contributed by atoms with E-state index >= 15 is 0 Å². The molecule has 0 unspecified atom stereocenters. The number of carbonyl (C=O) groups is 1. The Labute approximate surface area is 153 Å². The van der Waals surface area contributed by atoms with Crippen molar-refractivity contribution in [3.63, 3.8) is 0 Å². The minimum absolute atomic E-state index is 0.320. The molecule has 0 spiro atoms. The number of hydrogen-bond acceptors (Lipinski definition) is 5. The van der Waals surface area contributed by atoms with E-state index in [0.717, 1.165) is 35.8 Å². The van der Waals surface area contributed by atoms with E-state index in [2.05, 4.69) is 15.3 Å². The fourth-order valence-corrected chi connectivity index (χ4v) is 4.47. The molecule has 5 rings (SSSR count). The predicted molar refractivity (Wildman–Crippen MR) is 98.8 cm³/mol. The van der Waals surface area contributed by atoms with E-state index in [-0.39, 0.29) is 0 Å². The van der Waals surface area contributed by atoms with Crippen molar-refractivity contribution in [3.05, 3.63) is 12.0 Å². The quantitative estimate of drug-likeness (QED) is 0.892. The summed E-state index contributed by atoms with van der Waals surface area (Å²) in [7, 11) is 1.93. The van der Waals surface area contributed by atoms with Crippen molar-refractivity contribution in [2.45, 2.75) is 56.9 Å². The molecule has 1 N–H and O–H groups in total. The molecule has 0 aromatic carbocycles. The SMILES string of the molecule is Cn1ncc2c(NC[C@H]3CC(=O)N(C4CC4)C3)nc(C3CCCC3)nc21. The van der Waals surface area contributed by atoms with Crippen LogP contribution in [0.15, 0.2) is 6.20 Å². The summed E-state index contributed by atoms with van der Waals surface area (Å²) in [5.74, 6) is 2.97. The molecule has 1 amide bonds. The van der Waals surface area contributed by atoms with Gasteiger partial charge in [-0.1, -0.05) is 12.8 Å². The van der Waals surface area contributed by atoms with Crippen LogP contribution in [0, 0.1) is 5.92 Å². The Hall–Kier alpha value is -2.18. The van der Waals surface area contributed by atoms with Crippen LogP contribution in [-0.2, 0) is 11.8 Å². The van der Waals surface area contributed by atoms with Crippen LogP contribution < -0.4 is 5.32 Å². The average Bonchev–Trinajstić information content (AvgIpc) is 3.04. The maximum Gasteiger partial charge on any atom is 0.223 e. The number of fused-ring (bicyclic) bond motifs is 1. The molecule has 7 nitrogen and oxygen atoms in total. The first-order chi connectivity index (χ1) is 12.7. The molecule has 2 aromatic heterocycles. The Bertz CT molecular complexity index is 836. The van der Waals surface area contributed by atoms with Gasteiger partial charge in [0.1, 0.15) is 11.6 Å². The molecule has 2 aromatic rings. The van der Waals surface area contributed by atoms with Crippen LogP contribution in [0.4, 0.5) is 5.82 Å². The second kappa shape index (κ2) is 6.21. The van der Waals surface area contributed by atoms with Gasteiger partial charge >= 0.3 is 0 Å². The van der Waals surface area contributed by atoms with Crippen LogP contribution in [0.2, 0.25) is 0 Å². The lowest BCUT2D eigenvalue weighted by Gasteiger charge is -2.16. The molecular weight excluding hydrogens is 328 g/mol. The number of aryl methyl sites for hydroxylation is 1. The summed E-state index contributed by atoms with van der Waals surface area (Å²) in [6.07, 6.45) is 9.74. The Morgan fingerprint density at radius 1 is 1.19 bits per heavy atom. The third kappa shape index (κ3) is 2.83. The van der Waals surface area contributed by atoms with E-state index in [0.29, 0.717) is 30.2 Å². The van der Waals surface area contributed by atoms with Gasteiger partial charge in [-0.25, -0.2) is 9.97 Å². The van der Waals surface area contributed by atoms with Gasteiger partial charge in [0.05, 0.1) is 11.6 Å². The van der Waals surface area contributed by atoms with Crippen LogP contribution in [0.1, 0.15) is 56.7 Å². The number of anilines is 1. The van der Waals surface area contributed by atoms with Crippen LogP contribution in [0.3, 0.4) is 0 Å². The number of carbonyl (C=O) groups excluding carboxylic acids is 1. The maximum atomic E-state index is 12.2. The predicted octanol–water partition coefficient (Wildman–Crippen LogP) is 2.44. The summed E-state index contributed by atoms with van der Waals surface area (Å²) < 4.78 is 1.83. The molecule has 3 fully saturated rings. The van der Waals surface area contributed by atoms with Gasteiger partial charge in [-0.2, -0.15) is 5.10 Å². The van der Waals surface area contributed by atoms with Crippen molar-refractivity contribution in [1.82, 2.24) is 24.6 Å². The molecule has 1 aliphatic heterocycles. The Kier molecular flexibility index (Phi) is 3.83. The molecule has 138 valence electrons. The lowest BCUT2D eigenvalue weighted by molar-refractivity contribution is -0.128. The van der Waals surface area contributed by atoms with Crippen LogP contribution in [0.25, 0.3) is 11.0 Å². The molecule has 2 aliphatic carbocycles. The van der Waals surface area contributed by atoms with Gasteiger partial charge in [0, 0.05) is 44.4 Å². The zero-order chi connectivity index (χ0) is 17.7. The van der Waals surface area contributed by atoms with Crippen LogP contribution in [-0.4, -0.2) is 49.7 Å². The molecule has 0 bridgehead atoms. The van der Waals surface area contributed by atoms with Gasteiger partial charge < -0.3 is 10.2 Å². The summed E-state index contributed by atoms with van der Waals surface area (Å²) in [6.45, 7) is 1.66. The minimum atomic E-state index is 0.320. The normalized spacial score (nSPS) is 24.1. The zero-order valence-corrected chi connectivity index (χ0v) is 15.3. The van der Waals surface area contributed by atoms with Gasteiger partial charge in [-0.05, 0) is 25.7 Å². The number of aromatic nitrogens is 4. The van der Waals surface area contributed by atoms with Crippen molar-refractivity contribution >= 4 is 22.8 Å². The highest BCUT2D eigenvalue weighted by molar-refractivity contribution is 5.86. The van der Waals surface area contributed by atoms with Gasteiger partial charge in [0.25, 0.3) is 0 Å². The summed E-state index contributed by atoms with van der Waals surface area (Å²) >= 11 is 0. The molecule has 26 heavy (non-hydrogen) atoms. The first kappa shape index (κ1) is 16.0. The van der Waals surface area contributed by atoms with E-state index in [1.807, 2.05) is 17.9 Å². The molecular formula is C19H26N6O. The monoisotopic (exact) mass is 354 g/mol. The number of amides is 1. The Balaban J connectivity index is 1.36. The third-order valence-electron chi connectivity index (χ3n) is 6.11. The van der Waals surface area contributed by atoms with Crippen LogP contribution >= 0.6 is 0 Å². The topological polar surface area (TPSA) is 75.9 Å². The molecule has 2 saturated carbocycles. The maximum absolute atomic E-state index is 12.2. The fourth-order valence-electron chi connectivity index (χ4n) is 4.47. The number of nitrogens with one attached hydrogen (secondary N) is 1. The second-order valence-electron chi connectivity index (χ2n) is 8.15. The van der Waals surface area contributed by atoms with E-state index in [4.69, 9.17) is 9.97 Å². The van der Waals surface area contributed by atoms with Gasteiger partial charge in [0.15, 0.2) is 5.65 Å². The molecule has 1 saturated heterocycles. The smallest absolute Gasteiger partial charge is 0.223 e. The first-order valence-corrected chi connectivity index (χ1v) is 9.92. The van der Waals surface area contributed by atoms with Gasteiger partial charge in [-0.3, -0.25) is 9.48 Å². The fraction of sp³-hybridized carbons (Fsp3) is 0.684. The molecule has 7 heteroatoms. The van der Waals surface area contributed by atoms with E-state index < -0.39 is 0 Å². The number of nitrogens with zero attached hydrogens (tertiary/aromatic N) is 5. The average molecular weight is 354 g/mol. The lowest BCUT2D eigenvalue weighted by atomic mass is 10.1. The highest BCUT2D eigenvalue weighted by Gasteiger charge is 2.39. The van der Waals surface area contributed by atoms with Crippen LogP contribution in [0.5, 0.6) is 0 Å². The second-order valence-corrected chi connectivity index (χ2v) is 8.15. The Morgan fingerprint density at radius 2 is 2.00 bits per heavy atom. The molecule has 1 atom stereocenters. The molecule has 3 aliphatic rings. The minimum Gasteiger partial charge on any atom is -0.369 e. The summed E-state index contributed by atoms with van der Waals surface area (Å²) in [6, 6.07) is 0.519. The zero-order valence-electron chi connectivity index (χ0n) is 15.3. The van der Waals surface area contributed by atoms with Crippen molar-refractivity contribution in [2.24, 2.45) is 13.0 Å². The van der Waals surface area contributed by atoms with Gasteiger partial charge in [0.2, 0.25) is 5.91 Å². The van der Waals surface area contributed by atoms with E-state index in [9.17, 15) is 4.79 Å². The standard InChI is InChI=1S/C19H26N6O/c1-24-19-15(10-21-24)18(22-17(23-19)13-4-2-3-5-13)20-9-12-8-16(26)25(11-12)14-6-7-14/h10,12-14H,2-9,11H2,1H3,(H,20,22,23)/t12-/m1/s1. The molecule has 3 heterocycles. The van der Waals surface area contributed by atoms with Crippen molar-refractivity contribution < 1.29 is 4.79 Å². The molecule has 0 radical (unpaired) electrons.